The third-order valence-corrected chi connectivity index (χ3v) is 5.35. The zero-order valence-electron chi connectivity index (χ0n) is 12.4. The van der Waals surface area contributed by atoms with E-state index < -0.39 is 0 Å². The van der Waals surface area contributed by atoms with Gasteiger partial charge in [-0.15, -0.1) is 11.3 Å². The van der Waals surface area contributed by atoms with Crippen LogP contribution in [-0.2, 0) is 18.3 Å². The minimum atomic E-state index is -0.230. The molecule has 3 nitrogen and oxygen atoms in total. The maximum absolute atomic E-state index is 12.0. The van der Waals surface area contributed by atoms with E-state index in [1.54, 1.807) is 28.7 Å². The van der Waals surface area contributed by atoms with Crippen LogP contribution in [0.25, 0.3) is 16.3 Å². The Bertz CT molecular complexity index is 899. The molecule has 5 heteroatoms. The van der Waals surface area contributed by atoms with E-state index >= 15 is 0 Å². The van der Waals surface area contributed by atoms with Crippen LogP contribution in [0.4, 0.5) is 0 Å². The molecule has 0 aliphatic heterocycles. The van der Waals surface area contributed by atoms with Gasteiger partial charge in [0, 0.05) is 18.0 Å². The molecule has 0 saturated heterocycles. The predicted octanol–water partition coefficient (Wildman–Crippen LogP) is 4.00. The first-order chi connectivity index (χ1) is 10.7. The molecule has 0 saturated carbocycles. The van der Waals surface area contributed by atoms with Gasteiger partial charge in [0.25, 0.3) is 5.91 Å². The number of benzene rings is 1. The molecular weight excluding hydrogens is 312 g/mol. The SMILES string of the molecule is CCc1ccc2c(c1)sc(=NC(=O)C=Cc1cccs1)n2C. The number of aromatic nitrogens is 1. The van der Waals surface area contributed by atoms with Crippen molar-refractivity contribution in [2.45, 2.75) is 13.3 Å². The van der Waals surface area contributed by atoms with Gasteiger partial charge in [-0.3, -0.25) is 4.79 Å². The second-order valence-corrected chi connectivity index (χ2v) is 6.89. The molecule has 2 aromatic heterocycles. The first-order valence-electron chi connectivity index (χ1n) is 7.06. The van der Waals surface area contributed by atoms with Gasteiger partial charge in [-0.1, -0.05) is 30.4 Å². The van der Waals surface area contributed by atoms with Crippen LogP contribution in [0.1, 0.15) is 17.4 Å². The maximum Gasteiger partial charge on any atom is 0.272 e. The van der Waals surface area contributed by atoms with Gasteiger partial charge in [0.2, 0.25) is 0 Å². The highest BCUT2D eigenvalue weighted by Crippen LogP contribution is 2.18. The second kappa shape index (κ2) is 6.42. The fourth-order valence-electron chi connectivity index (χ4n) is 2.18. The Labute approximate surface area is 136 Å². The van der Waals surface area contributed by atoms with E-state index in [1.165, 1.54) is 11.6 Å². The van der Waals surface area contributed by atoms with Gasteiger partial charge in [0.15, 0.2) is 4.80 Å². The number of carbonyl (C=O) groups excluding carboxylic acids is 1. The first kappa shape index (κ1) is 14.9. The minimum absolute atomic E-state index is 0.230. The van der Waals surface area contributed by atoms with Crippen molar-refractivity contribution in [1.82, 2.24) is 4.57 Å². The molecule has 0 aliphatic carbocycles. The molecule has 1 amide bonds. The van der Waals surface area contributed by atoms with Crippen molar-refractivity contribution in [2.24, 2.45) is 12.0 Å². The number of thiophene rings is 1. The number of hydrogen-bond donors (Lipinski definition) is 0. The molecule has 3 rings (SSSR count). The summed E-state index contributed by atoms with van der Waals surface area (Å²) in [7, 11) is 1.94. The Morgan fingerprint density at radius 1 is 1.36 bits per heavy atom. The second-order valence-electron chi connectivity index (χ2n) is 4.90. The van der Waals surface area contributed by atoms with Crippen molar-refractivity contribution in [1.29, 1.82) is 0 Å². The van der Waals surface area contributed by atoms with Crippen LogP contribution >= 0.6 is 22.7 Å². The summed E-state index contributed by atoms with van der Waals surface area (Å²) in [5.74, 6) is -0.230. The number of carbonyl (C=O) groups is 1. The highest BCUT2D eigenvalue weighted by molar-refractivity contribution is 7.16. The summed E-state index contributed by atoms with van der Waals surface area (Å²) in [5, 5.41) is 1.98. The lowest BCUT2D eigenvalue weighted by molar-refractivity contribution is -0.113. The van der Waals surface area contributed by atoms with Crippen LogP contribution in [0.15, 0.2) is 46.8 Å². The van der Waals surface area contributed by atoms with Crippen LogP contribution in [0.3, 0.4) is 0 Å². The minimum Gasteiger partial charge on any atom is -0.319 e. The zero-order valence-corrected chi connectivity index (χ0v) is 14.1. The number of fused-ring (bicyclic) bond motifs is 1. The summed E-state index contributed by atoms with van der Waals surface area (Å²) in [5.41, 5.74) is 2.40. The van der Waals surface area contributed by atoms with E-state index in [0.29, 0.717) is 0 Å². The van der Waals surface area contributed by atoms with Gasteiger partial charge in [0.05, 0.1) is 10.2 Å². The van der Waals surface area contributed by atoms with E-state index in [1.807, 2.05) is 29.1 Å². The fourth-order valence-corrected chi connectivity index (χ4v) is 3.88. The van der Waals surface area contributed by atoms with Gasteiger partial charge >= 0.3 is 0 Å². The van der Waals surface area contributed by atoms with E-state index in [4.69, 9.17) is 0 Å². The molecule has 1 aromatic carbocycles. The number of amides is 1. The van der Waals surface area contributed by atoms with Gasteiger partial charge in [-0.25, -0.2) is 0 Å². The molecule has 0 radical (unpaired) electrons. The summed E-state index contributed by atoms with van der Waals surface area (Å²) in [6, 6.07) is 10.3. The van der Waals surface area contributed by atoms with Crippen LogP contribution in [0.5, 0.6) is 0 Å². The number of nitrogens with zero attached hydrogens (tertiary/aromatic N) is 2. The van der Waals surface area contributed by atoms with Crippen molar-refractivity contribution < 1.29 is 4.79 Å². The number of aryl methyl sites for hydroxylation is 2. The summed E-state index contributed by atoms with van der Waals surface area (Å²) in [4.78, 5) is 18.0. The van der Waals surface area contributed by atoms with Crippen LogP contribution in [0, 0.1) is 0 Å². The number of rotatable bonds is 3. The Kier molecular flexibility index (Phi) is 4.36. The predicted molar refractivity (Wildman–Crippen MR) is 94.1 cm³/mol. The molecule has 0 fully saturated rings. The molecule has 0 unspecified atom stereocenters. The van der Waals surface area contributed by atoms with Gasteiger partial charge in [0.1, 0.15) is 0 Å². The summed E-state index contributed by atoms with van der Waals surface area (Å²) >= 11 is 3.15. The Hall–Kier alpha value is -1.98. The lowest BCUT2D eigenvalue weighted by Crippen LogP contribution is -2.12. The van der Waals surface area contributed by atoms with Crippen LogP contribution in [-0.4, -0.2) is 10.5 Å². The molecule has 3 aromatic rings. The largest absolute Gasteiger partial charge is 0.319 e. The molecule has 2 heterocycles. The Balaban J connectivity index is 1.95. The topological polar surface area (TPSA) is 34.4 Å². The summed E-state index contributed by atoms with van der Waals surface area (Å²) in [6.07, 6.45) is 4.33. The van der Waals surface area contributed by atoms with Gasteiger partial charge in [-0.05, 0) is 41.6 Å². The zero-order chi connectivity index (χ0) is 15.5. The van der Waals surface area contributed by atoms with Crippen molar-refractivity contribution >= 4 is 44.9 Å². The number of thiazole rings is 1. The number of hydrogen-bond acceptors (Lipinski definition) is 3. The molecule has 22 heavy (non-hydrogen) atoms. The Morgan fingerprint density at radius 3 is 2.95 bits per heavy atom. The van der Waals surface area contributed by atoms with Crippen molar-refractivity contribution in [3.8, 4) is 0 Å². The van der Waals surface area contributed by atoms with E-state index in [2.05, 4.69) is 30.1 Å². The summed E-state index contributed by atoms with van der Waals surface area (Å²) in [6.45, 7) is 2.14. The molecule has 0 spiro atoms. The highest BCUT2D eigenvalue weighted by atomic mass is 32.1. The van der Waals surface area contributed by atoms with Gasteiger partial charge < -0.3 is 4.57 Å². The van der Waals surface area contributed by atoms with Crippen molar-refractivity contribution in [3.05, 3.63) is 57.0 Å². The quantitative estimate of drug-likeness (QED) is 0.669. The maximum atomic E-state index is 12.0. The van der Waals surface area contributed by atoms with Gasteiger partial charge in [-0.2, -0.15) is 4.99 Å². The highest BCUT2D eigenvalue weighted by Gasteiger charge is 2.04. The van der Waals surface area contributed by atoms with Crippen molar-refractivity contribution in [2.75, 3.05) is 0 Å². The molecule has 0 N–H and O–H groups in total. The molecule has 0 aliphatic rings. The third-order valence-electron chi connectivity index (χ3n) is 3.42. The monoisotopic (exact) mass is 328 g/mol. The Morgan fingerprint density at radius 2 is 2.23 bits per heavy atom. The standard InChI is InChI=1S/C17H16N2OS2/c1-3-12-6-8-14-15(11-12)22-17(19(14)2)18-16(20)9-7-13-5-4-10-21-13/h4-11H,3H2,1-2H3. The lowest BCUT2D eigenvalue weighted by atomic mass is 10.2. The van der Waals surface area contributed by atoms with E-state index in [-0.39, 0.29) is 5.91 Å². The average molecular weight is 328 g/mol. The smallest absolute Gasteiger partial charge is 0.272 e. The average Bonchev–Trinajstić information content (AvgIpc) is 3.14. The van der Waals surface area contributed by atoms with E-state index in [0.717, 1.165) is 26.3 Å². The van der Waals surface area contributed by atoms with Crippen LogP contribution in [0.2, 0.25) is 0 Å². The third kappa shape index (κ3) is 3.10. The normalized spacial score (nSPS) is 12.5. The van der Waals surface area contributed by atoms with Crippen LogP contribution < -0.4 is 4.80 Å². The molecule has 0 bridgehead atoms. The molecule has 0 atom stereocenters. The van der Waals surface area contributed by atoms with E-state index in [9.17, 15) is 4.79 Å². The summed E-state index contributed by atoms with van der Waals surface area (Å²) < 4.78 is 3.13. The molecular formula is C17H16N2OS2. The fraction of sp³-hybridized carbons (Fsp3) is 0.176. The van der Waals surface area contributed by atoms with Crippen molar-refractivity contribution in [3.63, 3.8) is 0 Å². The lowest BCUT2D eigenvalue weighted by Gasteiger charge is -1.97. The first-order valence-corrected chi connectivity index (χ1v) is 8.75. The molecule has 112 valence electrons.